The van der Waals surface area contributed by atoms with Gasteiger partial charge in [0.2, 0.25) is 5.91 Å². The monoisotopic (exact) mass is 366 g/mol. The molecule has 0 aliphatic rings. The van der Waals surface area contributed by atoms with Crippen LogP contribution in [0.4, 0.5) is 5.69 Å². The van der Waals surface area contributed by atoms with Gasteiger partial charge < -0.3 is 10.6 Å². The molecule has 0 saturated heterocycles. The van der Waals surface area contributed by atoms with E-state index in [9.17, 15) is 4.79 Å². The second-order valence-electron chi connectivity index (χ2n) is 3.86. The van der Waals surface area contributed by atoms with Crippen molar-refractivity contribution >= 4 is 45.8 Å². The average Bonchev–Trinajstić information content (AvgIpc) is 2.29. The Balaban J connectivity index is 2.50. The van der Waals surface area contributed by atoms with Crippen LogP contribution in [-0.4, -0.2) is 18.5 Å². The molecule has 0 fully saturated rings. The number of halogens is 2. The van der Waals surface area contributed by atoms with Crippen LogP contribution in [0.5, 0.6) is 0 Å². The molecule has 0 aromatic heterocycles. The predicted molar refractivity (Wildman–Crippen MR) is 80.6 cm³/mol. The average molecular weight is 367 g/mol. The van der Waals surface area contributed by atoms with Gasteiger partial charge in [0, 0.05) is 9.61 Å². The highest BCUT2D eigenvalue weighted by Gasteiger charge is 2.07. The van der Waals surface area contributed by atoms with Gasteiger partial charge in [-0.3, -0.25) is 4.79 Å². The van der Waals surface area contributed by atoms with E-state index in [1.54, 1.807) is 0 Å². The van der Waals surface area contributed by atoms with Crippen LogP contribution < -0.4 is 10.6 Å². The van der Waals surface area contributed by atoms with E-state index >= 15 is 0 Å². The van der Waals surface area contributed by atoms with Gasteiger partial charge >= 0.3 is 0 Å². The minimum absolute atomic E-state index is 0.0755. The Morgan fingerprint density at radius 3 is 2.82 bits per heavy atom. The molecule has 1 aromatic carbocycles. The molecule has 17 heavy (non-hydrogen) atoms. The van der Waals surface area contributed by atoms with E-state index in [4.69, 9.17) is 11.6 Å². The van der Waals surface area contributed by atoms with Crippen LogP contribution in [0.25, 0.3) is 0 Å². The molecule has 2 N–H and O–H groups in total. The Kier molecular flexibility index (Phi) is 6.22. The summed E-state index contributed by atoms with van der Waals surface area (Å²) in [6, 6.07) is 5.88. The second-order valence-corrected chi connectivity index (χ2v) is 5.52. The first-order valence-electron chi connectivity index (χ1n) is 5.51. The smallest absolute Gasteiger partial charge is 0.238 e. The number of carbonyl (C=O) groups excluding carboxylic acids is 1. The molecule has 1 rings (SSSR count). The highest BCUT2D eigenvalue weighted by Crippen LogP contribution is 2.23. The zero-order chi connectivity index (χ0) is 12.8. The lowest BCUT2D eigenvalue weighted by Crippen LogP contribution is -2.34. The standard InChI is InChI=1S/C12H16ClIN2O/c1-3-8(2)15-7-12(17)16-11-5-4-9(14)6-10(11)13/h4-6,8,15H,3,7H2,1-2H3,(H,16,17). The Morgan fingerprint density at radius 1 is 1.53 bits per heavy atom. The summed E-state index contributed by atoms with van der Waals surface area (Å²) in [6.07, 6.45) is 0.998. The number of amides is 1. The Morgan fingerprint density at radius 2 is 2.24 bits per heavy atom. The molecule has 0 radical (unpaired) electrons. The summed E-state index contributed by atoms with van der Waals surface area (Å²) in [7, 11) is 0. The molecule has 94 valence electrons. The number of hydrogen-bond acceptors (Lipinski definition) is 2. The molecule has 1 atom stereocenters. The second kappa shape index (κ2) is 7.18. The van der Waals surface area contributed by atoms with Crippen molar-refractivity contribution in [2.45, 2.75) is 26.3 Å². The van der Waals surface area contributed by atoms with E-state index < -0.39 is 0 Å². The van der Waals surface area contributed by atoms with Gasteiger partial charge in [0.25, 0.3) is 0 Å². The highest BCUT2D eigenvalue weighted by atomic mass is 127. The zero-order valence-electron chi connectivity index (χ0n) is 9.89. The molecule has 1 aromatic rings. The summed E-state index contributed by atoms with van der Waals surface area (Å²) >= 11 is 8.20. The fourth-order valence-electron chi connectivity index (χ4n) is 1.20. The molecule has 5 heteroatoms. The van der Waals surface area contributed by atoms with E-state index in [0.29, 0.717) is 23.3 Å². The maximum Gasteiger partial charge on any atom is 0.238 e. The summed E-state index contributed by atoms with van der Waals surface area (Å²) in [5.74, 6) is -0.0755. The van der Waals surface area contributed by atoms with Crippen LogP contribution in [-0.2, 0) is 4.79 Å². The molecule has 0 aliphatic heterocycles. The lowest BCUT2D eigenvalue weighted by Gasteiger charge is -2.12. The molecule has 3 nitrogen and oxygen atoms in total. The summed E-state index contributed by atoms with van der Waals surface area (Å²) in [6.45, 7) is 4.42. The van der Waals surface area contributed by atoms with Gasteiger partial charge in [-0.25, -0.2) is 0 Å². The predicted octanol–water partition coefficient (Wildman–Crippen LogP) is 3.27. The third kappa shape index (κ3) is 5.23. The van der Waals surface area contributed by atoms with Crippen molar-refractivity contribution in [3.8, 4) is 0 Å². The SMILES string of the molecule is CCC(C)NCC(=O)Nc1ccc(I)cc1Cl. The molecule has 1 amide bonds. The van der Waals surface area contributed by atoms with Gasteiger partial charge in [0.1, 0.15) is 0 Å². The lowest BCUT2D eigenvalue weighted by molar-refractivity contribution is -0.115. The van der Waals surface area contributed by atoms with Crippen molar-refractivity contribution in [3.05, 3.63) is 26.8 Å². The van der Waals surface area contributed by atoms with Crippen LogP contribution in [0, 0.1) is 3.57 Å². The first kappa shape index (κ1) is 14.7. The maximum absolute atomic E-state index is 11.6. The molecule has 1 unspecified atom stereocenters. The lowest BCUT2D eigenvalue weighted by atomic mass is 10.2. The van der Waals surface area contributed by atoms with Gasteiger partial charge in [-0.1, -0.05) is 18.5 Å². The molecule has 0 bridgehead atoms. The number of nitrogens with one attached hydrogen (secondary N) is 2. The number of rotatable bonds is 5. The molecule has 0 saturated carbocycles. The van der Waals surface area contributed by atoms with Gasteiger partial charge in [-0.15, -0.1) is 0 Å². The van der Waals surface area contributed by atoms with Crippen LogP contribution in [0.3, 0.4) is 0 Å². The van der Waals surface area contributed by atoms with Gasteiger partial charge in [-0.05, 0) is 54.1 Å². The molecular formula is C12H16ClIN2O. The summed E-state index contributed by atoms with van der Waals surface area (Å²) in [5.41, 5.74) is 0.656. The fourth-order valence-corrected chi connectivity index (χ4v) is 2.10. The Bertz CT molecular complexity index is 398. The molecule has 0 heterocycles. The quantitative estimate of drug-likeness (QED) is 0.785. The summed E-state index contributed by atoms with van der Waals surface area (Å²) in [5, 5.41) is 6.47. The highest BCUT2D eigenvalue weighted by molar-refractivity contribution is 14.1. The van der Waals surface area contributed by atoms with Crippen LogP contribution in [0.2, 0.25) is 5.02 Å². The van der Waals surface area contributed by atoms with Crippen LogP contribution in [0.15, 0.2) is 18.2 Å². The number of hydrogen-bond donors (Lipinski definition) is 2. The first-order valence-corrected chi connectivity index (χ1v) is 6.97. The van der Waals surface area contributed by atoms with Gasteiger partial charge in [-0.2, -0.15) is 0 Å². The third-order valence-corrected chi connectivity index (χ3v) is 3.41. The Hall–Kier alpha value is -0.330. The van der Waals surface area contributed by atoms with E-state index in [-0.39, 0.29) is 5.91 Å². The van der Waals surface area contributed by atoms with E-state index in [1.165, 1.54) is 0 Å². The molecule has 0 aliphatic carbocycles. The maximum atomic E-state index is 11.6. The summed E-state index contributed by atoms with van der Waals surface area (Å²) in [4.78, 5) is 11.6. The van der Waals surface area contributed by atoms with E-state index in [1.807, 2.05) is 25.1 Å². The fraction of sp³-hybridized carbons (Fsp3) is 0.417. The van der Waals surface area contributed by atoms with Crippen LogP contribution >= 0.6 is 34.2 Å². The van der Waals surface area contributed by atoms with Crippen molar-refractivity contribution in [2.24, 2.45) is 0 Å². The normalized spacial score (nSPS) is 12.2. The van der Waals surface area contributed by atoms with Crippen molar-refractivity contribution in [3.63, 3.8) is 0 Å². The third-order valence-electron chi connectivity index (χ3n) is 2.43. The number of benzene rings is 1. The molecular weight excluding hydrogens is 351 g/mol. The van der Waals surface area contributed by atoms with Crippen LogP contribution in [0.1, 0.15) is 20.3 Å². The van der Waals surface area contributed by atoms with Gasteiger partial charge in [0.15, 0.2) is 0 Å². The minimum Gasteiger partial charge on any atom is -0.324 e. The largest absolute Gasteiger partial charge is 0.324 e. The van der Waals surface area contributed by atoms with E-state index in [2.05, 4.69) is 40.1 Å². The molecule has 0 spiro atoms. The number of carbonyl (C=O) groups is 1. The van der Waals surface area contributed by atoms with Crippen molar-refractivity contribution < 1.29 is 4.79 Å². The van der Waals surface area contributed by atoms with Crippen molar-refractivity contribution in [1.82, 2.24) is 5.32 Å². The summed E-state index contributed by atoms with van der Waals surface area (Å²) < 4.78 is 1.04. The number of anilines is 1. The van der Waals surface area contributed by atoms with E-state index in [0.717, 1.165) is 9.99 Å². The van der Waals surface area contributed by atoms with Crippen molar-refractivity contribution in [2.75, 3.05) is 11.9 Å². The van der Waals surface area contributed by atoms with Gasteiger partial charge in [0.05, 0.1) is 17.3 Å². The Labute approximate surface area is 120 Å². The zero-order valence-corrected chi connectivity index (χ0v) is 12.8. The topological polar surface area (TPSA) is 41.1 Å². The minimum atomic E-state index is -0.0755. The first-order chi connectivity index (χ1) is 8.02. The van der Waals surface area contributed by atoms with Crippen molar-refractivity contribution in [1.29, 1.82) is 0 Å².